The van der Waals surface area contributed by atoms with Crippen molar-refractivity contribution in [3.63, 3.8) is 0 Å². The average molecular weight is 465 g/mol. The van der Waals surface area contributed by atoms with E-state index in [1.165, 1.54) is 0 Å². The lowest BCUT2D eigenvalue weighted by atomic mass is 10.0. The van der Waals surface area contributed by atoms with Crippen LogP contribution in [-0.4, -0.2) is 55.1 Å². The van der Waals surface area contributed by atoms with Crippen molar-refractivity contribution in [1.82, 2.24) is 9.97 Å². The first-order chi connectivity index (χ1) is 16.6. The Morgan fingerprint density at radius 1 is 1.15 bits per heavy atom. The average Bonchev–Trinajstić information content (AvgIpc) is 3.25. The third-order valence-electron chi connectivity index (χ3n) is 6.21. The number of amides is 1. The minimum absolute atomic E-state index is 0.0177. The van der Waals surface area contributed by atoms with Gasteiger partial charge in [0.25, 0.3) is 0 Å². The highest BCUT2D eigenvalue weighted by molar-refractivity contribution is 5.90. The van der Waals surface area contributed by atoms with Gasteiger partial charge in [-0.05, 0) is 55.5 Å². The highest BCUT2D eigenvalue weighted by Gasteiger charge is 2.33. The van der Waals surface area contributed by atoms with Crippen molar-refractivity contribution in [3.8, 4) is 17.4 Å². The summed E-state index contributed by atoms with van der Waals surface area (Å²) >= 11 is 0. The molecule has 2 aromatic heterocycles. The molecule has 34 heavy (non-hydrogen) atoms. The second-order valence-corrected chi connectivity index (χ2v) is 8.51. The first-order valence-electron chi connectivity index (χ1n) is 11.5. The SMILES string of the molecule is COc1ccc2nccc(CC[C@H](N)CC[C@H]3CN(c4ccc5c(c4)OCCO5)C(=O)O3)c2n1. The quantitative estimate of drug-likeness (QED) is 0.540. The van der Waals surface area contributed by atoms with Crippen molar-refractivity contribution in [2.75, 3.05) is 31.8 Å². The number of rotatable bonds is 8. The maximum Gasteiger partial charge on any atom is 0.414 e. The van der Waals surface area contributed by atoms with Crippen molar-refractivity contribution in [2.24, 2.45) is 5.73 Å². The molecule has 1 aromatic carbocycles. The van der Waals surface area contributed by atoms with E-state index in [-0.39, 0.29) is 18.2 Å². The Labute approximate surface area is 197 Å². The zero-order valence-corrected chi connectivity index (χ0v) is 19.1. The number of hydrogen-bond donors (Lipinski definition) is 1. The maximum absolute atomic E-state index is 12.5. The molecule has 1 saturated heterocycles. The molecule has 2 aliphatic rings. The van der Waals surface area contributed by atoms with Crippen molar-refractivity contribution < 1.29 is 23.7 Å². The van der Waals surface area contributed by atoms with Gasteiger partial charge in [0, 0.05) is 24.4 Å². The van der Waals surface area contributed by atoms with Gasteiger partial charge in [-0.25, -0.2) is 9.78 Å². The standard InChI is InChI=1S/C25H28N4O5/c1-31-23-9-7-20-24(28-23)16(10-11-27-20)2-3-17(26)4-6-19-15-29(25(30)34-19)18-5-8-21-22(14-18)33-13-12-32-21/h5,7-11,14,17,19H,2-4,6,12-13,15,26H2,1H3/t17-,19-/m0/s1. The van der Waals surface area contributed by atoms with E-state index in [0.29, 0.717) is 43.6 Å². The molecule has 1 fully saturated rings. The first-order valence-corrected chi connectivity index (χ1v) is 11.5. The van der Waals surface area contributed by atoms with Gasteiger partial charge in [-0.15, -0.1) is 0 Å². The van der Waals surface area contributed by atoms with Gasteiger partial charge in [0.05, 0.1) is 30.4 Å². The van der Waals surface area contributed by atoms with E-state index in [9.17, 15) is 4.79 Å². The number of hydrogen-bond acceptors (Lipinski definition) is 8. The van der Waals surface area contributed by atoms with Crippen LogP contribution >= 0.6 is 0 Å². The molecule has 2 N–H and O–H groups in total. The molecule has 178 valence electrons. The van der Waals surface area contributed by atoms with Crippen LogP contribution < -0.4 is 24.8 Å². The molecule has 2 atom stereocenters. The van der Waals surface area contributed by atoms with Crippen LogP contribution in [0.4, 0.5) is 10.5 Å². The summed E-state index contributed by atoms with van der Waals surface area (Å²) in [5.74, 6) is 1.91. The van der Waals surface area contributed by atoms with Gasteiger partial charge in [0.15, 0.2) is 11.5 Å². The number of carbonyl (C=O) groups is 1. The number of ether oxygens (including phenoxy) is 4. The maximum atomic E-state index is 12.5. The predicted octanol–water partition coefficient (Wildman–Crippen LogP) is 3.48. The second-order valence-electron chi connectivity index (χ2n) is 8.51. The monoisotopic (exact) mass is 464 g/mol. The molecular weight excluding hydrogens is 436 g/mol. The summed E-state index contributed by atoms with van der Waals surface area (Å²) in [6.45, 7) is 1.52. The molecule has 0 unspecified atom stereocenters. The molecule has 0 aliphatic carbocycles. The van der Waals surface area contributed by atoms with Crippen LogP contribution in [0.5, 0.6) is 17.4 Å². The van der Waals surface area contributed by atoms with Crippen LogP contribution in [0.1, 0.15) is 24.8 Å². The summed E-state index contributed by atoms with van der Waals surface area (Å²) in [5, 5.41) is 0. The van der Waals surface area contributed by atoms with E-state index >= 15 is 0 Å². The number of benzene rings is 1. The van der Waals surface area contributed by atoms with Crippen LogP contribution in [0.25, 0.3) is 11.0 Å². The van der Waals surface area contributed by atoms with Crippen molar-refractivity contribution in [1.29, 1.82) is 0 Å². The number of aryl methyl sites for hydroxylation is 1. The fourth-order valence-corrected chi connectivity index (χ4v) is 4.34. The minimum atomic E-state index is -0.349. The number of carbonyl (C=O) groups excluding carboxylic acids is 1. The smallest absolute Gasteiger partial charge is 0.414 e. The Kier molecular flexibility index (Phi) is 6.35. The van der Waals surface area contributed by atoms with Crippen molar-refractivity contribution >= 4 is 22.8 Å². The molecule has 0 spiro atoms. The molecular formula is C25H28N4O5. The Hall–Kier alpha value is -3.59. The van der Waals surface area contributed by atoms with E-state index in [1.54, 1.807) is 18.2 Å². The zero-order chi connectivity index (χ0) is 23.5. The summed E-state index contributed by atoms with van der Waals surface area (Å²) < 4.78 is 22.0. The number of nitrogens with two attached hydrogens (primary N) is 1. The molecule has 1 amide bonds. The number of aromatic nitrogens is 2. The fourth-order valence-electron chi connectivity index (χ4n) is 4.34. The van der Waals surface area contributed by atoms with Crippen LogP contribution in [0, 0.1) is 0 Å². The Bertz CT molecular complexity index is 1190. The Morgan fingerprint density at radius 3 is 2.85 bits per heavy atom. The predicted molar refractivity (Wildman–Crippen MR) is 127 cm³/mol. The lowest BCUT2D eigenvalue weighted by Gasteiger charge is -2.21. The molecule has 9 heteroatoms. The Morgan fingerprint density at radius 2 is 2.00 bits per heavy atom. The lowest BCUT2D eigenvalue weighted by Crippen LogP contribution is -2.26. The van der Waals surface area contributed by atoms with Gasteiger partial charge < -0.3 is 24.7 Å². The highest BCUT2D eigenvalue weighted by Crippen LogP contribution is 2.35. The molecule has 0 bridgehead atoms. The molecule has 5 rings (SSSR count). The molecule has 0 radical (unpaired) electrons. The van der Waals surface area contributed by atoms with E-state index < -0.39 is 0 Å². The fraction of sp³-hybridized carbons (Fsp3) is 0.400. The number of cyclic esters (lactones) is 1. The lowest BCUT2D eigenvalue weighted by molar-refractivity contribution is 0.134. The zero-order valence-electron chi connectivity index (χ0n) is 19.1. The summed E-state index contributed by atoms with van der Waals surface area (Å²) in [6.07, 6.45) is 4.29. The van der Waals surface area contributed by atoms with Gasteiger partial charge in [-0.3, -0.25) is 9.88 Å². The third-order valence-corrected chi connectivity index (χ3v) is 6.21. The molecule has 9 nitrogen and oxygen atoms in total. The van der Waals surface area contributed by atoms with Gasteiger partial charge in [-0.2, -0.15) is 0 Å². The summed E-state index contributed by atoms with van der Waals surface area (Å²) in [6, 6.07) is 11.2. The van der Waals surface area contributed by atoms with E-state index in [1.807, 2.05) is 36.4 Å². The largest absolute Gasteiger partial charge is 0.486 e. The van der Waals surface area contributed by atoms with Crippen molar-refractivity contribution in [2.45, 2.75) is 37.8 Å². The third kappa shape index (κ3) is 4.70. The summed E-state index contributed by atoms with van der Waals surface area (Å²) in [7, 11) is 1.60. The van der Waals surface area contributed by atoms with Crippen LogP contribution in [0.15, 0.2) is 42.6 Å². The molecule has 4 heterocycles. The Balaban J connectivity index is 1.15. The minimum Gasteiger partial charge on any atom is -0.486 e. The van der Waals surface area contributed by atoms with Crippen LogP contribution in [-0.2, 0) is 11.2 Å². The summed E-state index contributed by atoms with van der Waals surface area (Å²) in [4.78, 5) is 23.0. The van der Waals surface area contributed by atoms with Crippen LogP contribution in [0.3, 0.4) is 0 Å². The van der Waals surface area contributed by atoms with Gasteiger partial charge in [-0.1, -0.05) is 0 Å². The van der Waals surface area contributed by atoms with Crippen molar-refractivity contribution in [3.05, 3.63) is 48.2 Å². The summed E-state index contributed by atoms with van der Waals surface area (Å²) in [5.41, 5.74) is 9.93. The number of nitrogens with zero attached hydrogens (tertiary/aromatic N) is 3. The number of fused-ring (bicyclic) bond motifs is 2. The van der Waals surface area contributed by atoms with Gasteiger partial charge >= 0.3 is 6.09 Å². The van der Waals surface area contributed by atoms with E-state index in [0.717, 1.165) is 41.5 Å². The first kappa shape index (κ1) is 22.2. The highest BCUT2D eigenvalue weighted by atomic mass is 16.6. The molecule has 0 saturated carbocycles. The normalized spacial score (nSPS) is 18.1. The van der Waals surface area contributed by atoms with Crippen LogP contribution in [0.2, 0.25) is 0 Å². The second kappa shape index (κ2) is 9.72. The number of methoxy groups -OCH3 is 1. The topological polar surface area (TPSA) is 109 Å². The number of anilines is 1. The molecule has 2 aliphatic heterocycles. The molecule has 3 aromatic rings. The number of pyridine rings is 2. The van der Waals surface area contributed by atoms with E-state index in [4.69, 9.17) is 24.7 Å². The van der Waals surface area contributed by atoms with E-state index in [2.05, 4.69) is 9.97 Å². The van der Waals surface area contributed by atoms with Gasteiger partial charge in [0.2, 0.25) is 5.88 Å². The van der Waals surface area contributed by atoms with Gasteiger partial charge in [0.1, 0.15) is 19.3 Å².